The standard InChI is InChI=1S/C17H27N3O2/c1-13(2)18-17(21)20-11-9-19(10-12-20)15-7-5-6-8-16(15)22-14(3)4/h5-8,13-14H,9-12H2,1-4H3,(H,18,21). The molecule has 5 heteroatoms. The second kappa shape index (κ2) is 7.38. The lowest BCUT2D eigenvalue weighted by molar-refractivity contribution is 0.191. The van der Waals surface area contributed by atoms with Gasteiger partial charge in [-0.1, -0.05) is 12.1 Å². The molecular formula is C17H27N3O2. The van der Waals surface area contributed by atoms with Gasteiger partial charge in [-0.3, -0.25) is 0 Å². The lowest BCUT2D eigenvalue weighted by Crippen LogP contribution is -2.53. The largest absolute Gasteiger partial charge is 0.489 e. The highest BCUT2D eigenvalue weighted by molar-refractivity contribution is 5.75. The Labute approximate surface area is 133 Å². The minimum Gasteiger partial charge on any atom is -0.489 e. The summed E-state index contributed by atoms with van der Waals surface area (Å²) in [6.45, 7) is 11.1. The average Bonchev–Trinajstić information content (AvgIpc) is 2.47. The number of nitrogens with one attached hydrogen (secondary N) is 1. The smallest absolute Gasteiger partial charge is 0.317 e. The number of carbonyl (C=O) groups is 1. The van der Waals surface area contributed by atoms with Crippen molar-refractivity contribution in [3.63, 3.8) is 0 Å². The Kier molecular flexibility index (Phi) is 5.52. The van der Waals surface area contributed by atoms with Crippen LogP contribution in [-0.4, -0.2) is 49.3 Å². The molecule has 5 nitrogen and oxygen atoms in total. The number of nitrogens with zero attached hydrogens (tertiary/aromatic N) is 2. The zero-order valence-electron chi connectivity index (χ0n) is 14.0. The Bertz CT molecular complexity index is 494. The van der Waals surface area contributed by atoms with Crippen LogP contribution in [0.4, 0.5) is 10.5 Å². The number of carbonyl (C=O) groups excluding carboxylic acids is 1. The number of amides is 2. The van der Waals surface area contributed by atoms with E-state index in [1.54, 1.807) is 0 Å². The molecule has 1 N–H and O–H groups in total. The van der Waals surface area contributed by atoms with Crippen LogP contribution in [0.3, 0.4) is 0 Å². The number of benzene rings is 1. The average molecular weight is 305 g/mol. The molecule has 1 aliphatic heterocycles. The second-order valence-corrected chi connectivity index (χ2v) is 6.21. The molecule has 1 heterocycles. The van der Waals surface area contributed by atoms with Crippen LogP contribution in [0.1, 0.15) is 27.7 Å². The number of hydrogen-bond donors (Lipinski definition) is 1. The van der Waals surface area contributed by atoms with Gasteiger partial charge in [-0.15, -0.1) is 0 Å². The Balaban J connectivity index is 1.98. The second-order valence-electron chi connectivity index (χ2n) is 6.21. The van der Waals surface area contributed by atoms with Crippen LogP contribution < -0.4 is 15.0 Å². The van der Waals surface area contributed by atoms with Crippen LogP contribution in [0.2, 0.25) is 0 Å². The van der Waals surface area contributed by atoms with E-state index in [-0.39, 0.29) is 18.2 Å². The van der Waals surface area contributed by atoms with Gasteiger partial charge < -0.3 is 19.9 Å². The van der Waals surface area contributed by atoms with Gasteiger partial charge in [-0.05, 0) is 39.8 Å². The molecule has 2 rings (SSSR count). The number of rotatable bonds is 4. The van der Waals surface area contributed by atoms with Gasteiger partial charge in [0, 0.05) is 32.2 Å². The third-order valence-corrected chi connectivity index (χ3v) is 3.55. The lowest BCUT2D eigenvalue weighted by atomic mass is 10.2. The monoisotopic (exact) mass is 305 g/mol. The first kappa shape index (κ1) is 16.5. The van der Waals surface area contributed by atoms with E-state index in [0.29, 0.717) is 0 Å². The summed E-state index contributed by atoms with van der Waals surface area (Å²) in [7, 11) is 0. The highest BCUT2D eigenvalue weighted by atomic mass is 16.5. The van der Waals surface area contributed by atoms with Crippen molar-refractivity contribution in [1.82, 2.24) is 10.2 Å². The van der Waals surface area contributed by atoms with E-state index in [1.165, 1.54) is 0 Å². The summed E-state index contributed by atoms with van der Waals surface area (Å²) in [5.74, 6) is 0.914. The first-order valence-electron chi connectivity index (χ1n) is 8.03. The molecule has 1 fully saturated rings. The highest BCUT2D eigenvalue weighted by Gasteiger charge is 2.23. The zero-order valence-corrected chi connectivity index (χ0v) is 14.0. The van der Waals surface area contributed by atoms with Crippen LogP contribution in [0.15, 0.2) is 24.3 Å². The normalized spacial score (nSPS) is 15.4. The summed E-state index contributed by atoms with van der Waals surface area (Å²) < 4.78 is 5.89. The summed E-state index contributed by atoms with van der Waals surface area (Å²) in [6, 6.07) is 8.31. The van der Waals surface area contributed by atoms with Crippen molar-refractivity contribution in [1.29, 1.82) is 0 Å². The molecule has 122 valence electrons. The fourth-order valence-corrected chi connectivity index (χ4v) is 2.56. The van der Waals surface area contributed by atoms with Crippen LogP contribution in [0.5, 0.6) is 5.75 Å². The SMILES string of the molecule is CC(C)NC(=O)N1CCN(c2ccccc2OC(C)C)CC1. The Hall–Kier alpha value is -1.91. The zero-order chi connectivity index (χ0) is 16.1. The maximum atomic E-state index is 12.0. The molecule has 0 aliphatic carbocycles. The van der Waals surface area contributed by atoms with Crippen molar-refractivity contribution in [2.45, 2.75) is 39.8 Å². The molecule has 0 bridgehead atoms. The van der Waals surface area contributed by atoms with Gasteiger partial charge in [0.1, 0.15) is 5.75 Å². The maximum Gasteiger partial charge on any atom is 0.317 e. The Morgan fingerprint density at radius 3 is 2.32 bits per heavy atom. The van der Waals surface area contributed by atoms with Gasteiger partial charge in [0.2, 0.25) is 0 Å². The quantitative estimate of drug-likeness (QED) is 0.930. The summed E-state index contributed by atoms with van der Waals surface area (Å²) >= 11 is 0. The van der Waals surface area contributed by atoms with Crippen molar-refractivity contribution in [2.24, 2.45) is 0 Å². The fourth-order valence-electron chi connectivity index (χ4n) is 2.56. The van der Waals surface area contributed by atoms with Gasteiger partial charge in [-0.25, -0.2) is 4.79 Å². The maximum absolute atomic E-state index is 12.0. The summed E-state index contributed by atoms with van der Waals surface area (Å²) in [5.41, 5.74) is 1.11. The molecule has 1 saturated heterocycles. The van der Waals surface area contributed by atoms with Crippen molar-refractivity contribution in [2.75, 3.05) is 31.1 Å². The summed E-state index contributed by atoms with van der Waals surface area (Å²) in [5, 5.41) is 2.95. The molecule has 0 radical (unpaired) electrons. The third kappa shape index (κ3) is 4.29. The van der Waals surface area contributed by atoms with Crippen LogP contribution in [-0.2, 0) is 0 Å². The van der Waals surface area contributed by atoms with E-state index in [2.05, 4.69) is 16.3 Å². The number of piperazine rings is 1. The predicted octanol–water partition coefficient (Wildman–Crippen LogP) is 2.71. The molecular weight excluding hydrogens is 278 g/mol. The molecule has 0 saturated carbocycles. The van der Waals surface area contributed by atoms with Gasteiger partial charge >= 0.3 is 6.03 Å². The first-order valence-corrected chi connectivity index (χ1v) is 8.03. The summed E-state index contributed by atoms with van der Waals surface area (Å²) in [4.78, 5) is 16.2. The van der Waals surface area contributed by atoms with Gasteiger partial charge in [-0.2, -0.15) is 0 Å². The number of ether oxygens (including phenoxy) is 1. The van der Waals surface area contributed by atoms with Crippen molar-refractivity contribution >= 4 is 11.7 Å². The first-order chi connectivity index (χ1) is 10.5. The van der Waals surface area contributed by atoms with Gasteiger partial charge in [0.05, 0.1) is 11.8 Å². The van der Waals surface area contributed by atoms with E-state index in [1.807, 2.05) is 50.8 Å². The van der Waals surface area contributed by atoms with Crippen molar-refractivity contribution in [3.05, 3.63) is 24.3 Å². The van der Waals surface area contributed by atoms with E-state index in [4.69, 9.17) is 4.74 Å². The predicted molar refractivity (Wildman–Crippen MR) is 89.7 cm³/mol. The number of anilines is 1. The minimum atomic E-state index is 0.0290. The minimum absolute atomic E-state index is 0.0290. The van der Waals surface area contributed by atoms with Crippen molar-refractivity contribution < 1.29 is 9.53 Å². The lowest BCUT2D eigenvalue weighted by Gasteiger charge is -2.37. The fraction of sp³-hybridized carbons (Fsp3) is 0.588. The van der Waals surface area contributed by atoms with Gasteiger partial charge in [0.25, 0.3) is 0 Å². The van der Waals surface area contributed by atoms with E-state index in [0.717, 1.165) is 37.6 Å². The van der Waals surface area contributed by atoms with Crippen LogP contribution in [0.25, 0.3) is 0 Å². The third-order valence-electron chi connectivity index (χ3n) is 3.55. The number of urea groups is 1. The molecule has 1 aliphatic rings. The molecule has 1 aromatic carbocycles. The summed E-state index contributed by atoms with van der Waals surface area (Å²) in [6.07, 6.45) is 0.152. The Morgan fingerprint density at radius 1 is 1.09 bits per heavy atom. The molecule has 1 aromatic rings. The molecule has 0 atom stereocenters. The molecule has 2 amide bonds. The topological polar surface area (TPSA) is 44.8 Å². The number of hydrogen-bond acceptors (Lipinski definition) is 3. The van der Waals surface area contributed by atoms with E-state index < -0.39 is 0 Å². The van der Waals surface area contributed by atoms with Crippen LogP contribution in [0, 0.1) is 0 Å². The van der Waals surface area contributed by atoms with E-state index >= 15 is 0 Å². The highest BCUT2D eigenvalue weighted by Crippen LogP contribution is 2.29. The molecule has 0 spiro atoms. The van der Waals surface area contributed by atoms with Gasteiger partial charge in [0.15, 0.2) is 0 Å². The van der Waals surface area contributed by atoms with Crippen LogP contribution >= 0.6 is 0 Å². The number of para-hydroxylation sites is 2. The molecule has 22 heavy (non-hydrogen) atoms. The Morgan fingerprint density at radius 2 is 1.73 bits per heavy atom. The van der Waals surface area contributed by atoms with Crippen molar-refractivity contribution in [3.8, 4) is 5.75 Å². The van der Waals surface area contributed by atoms with E-state index in [9.17, 15) is 4.79 Å². The molecule has 0 aromatic heterocycles. The molecule has 0 unspecified atom stereocenters.